The molecular formula is C28H22F3N5O. The molecule has 4 rings (SSSR count). The minimum Gasteiger partial charge on any atom is -0.327 e. The highest BCUT2D eigenvalue weighted by atomic mass is 19.1. The molecule has 1 amide bonds. The molecule has 0 fully saturated rings. The summed E-state index contributed by atoms with van der Waals surface area (Å²) in [5.41, 5.74) is 2.60. The zero-order valence-corrected chi connectivity index (χ0v) is 19.9. The fourth-order valence-electron chi connectivity index (χ4n) is 3.71. The van der Waals surface area contributed by atoms with E-state index in [1.165, 1.54) is 35.5 Å². The zero-order valence-electron chi connectivity index (χ0n) is 19.9. The van der Waals surface area contributed by atoms with Crippen molar-refractivity contribution in [2.75, 3.05) is 0 Å². The Morgan fingerprint density at radius 1 is 1.03 bits per heavy atom. The van der Waals surface area contributed by atoms with Gasteiger partial charge >= 0.3 is 0 Å². The molecule has 9 heteroatoms. The lowest BCUT2D eigenvalue weighted by Crippen LogP contribution is -2.30. The highest BCUT2D eigenvalue weighted by Crippen LogP contribution is 2.17. The van der Waals surface area contributed by atoms with Crippen LogP contribution in [0.15, 0.2) is 73.1 Å². The van der Waals surface area contributed by atoms with Crippen LogP contribution in [-0.2, 0) is 24.4 Å². The second-order valence-electron chi connectivity index (χ2n) is 8.47. The molecule has 0 spiro atoms. The van der Waals surface area contributed by atoms with Crippen molar-refractivity contribution in [1.29, 1.82) is 5.26 Å². The normalized spacial score (nSPS) is 11.0. The fourth-order valence-corrected chi connectivity index (χ4v) is 3.71. The van der Waals surface area contributed by atoms with Gasteiger partial charge in [0, 0.05) is 29.8 Å². The molecule has 4 aromatic rings. The predicted molar refractivity (Wildman–Crippen MR) is 131 cm³/mol. The number of nitrogens with zero attached hydrogens (tertiary/aromatic N) is 5. The summed E-state index contributed by atoms with van der Waals surface area (Å²) >= 11 is 0. The smallest absolute Gasteiger partial charge is 0.247 e. The molecule has 0 unspecified atom stereocenters. The van der Waals surface area contributed by atoms with Crippen LogP contribution >= 0.6 is 0 Å². The first kappa shape index (κ1) is 25.4. The molecule has 0 N–H and O–H groups in total. The van der Waals surface area contributed by atoms with Crippen molar-refractivity contribution in [3.8, 4) is 6.07 Å². The number of rotatable bonds is 8. The van der Waals surface area contributed by atoms with Gasteiger partial charge in [0.15, 0.2) is 5.82 Å². The van der Waals surface area contributed by atoms with E-state index in [1.54, 1.807) is 41.0 Å². The Bertz CT molecular complexity index is 1490. The van der Waals surface area contributed by atoms with Gasteiger partial charge in [0.05, 0.1) is 24.7 Å². The van der Waals surface area contributed by atoms with Crippen LogP contribution in [0.1, 0.15) is 33.6 Å². The van der Waals surface area contributed by atoms with Crippen molar-refractivity contribution >= 4 is 12.0 Å². The maximum absolute atomic E-state index is 14.4. The molecule has 0 atom stereocenters. The first-order valence-electron chi connectivity index (χ1n) is 11.3. The van der Waals surface area contributed by atoms with Crippen LogP contribution in [0.3, 0.4) is 0 Å². The molecule has 3 aromatic carbocycles. The monoisotopic (exact) mass is 501 g/mol. The molecule has 0 bridgehead atoms. The van der Waals surface area contributed by atoms with Gasteiger partial charge in [-0.25, -0.2) is 13.2 Å². The van der Waals surface area contributed by atoms with Crippen molar-refractivity contribution in [2.45, 2.75) is 26.6 Å². The SMILES string of the molecule is Cc1ccc(F)c(/C=C/C(=O)N(Cc2ccc(F)cc2F)Cc2nncn2Cc2ccc(C#N)cc2)c1. The number of hydrogen-bond donors (Lipinski definition) is 0. The number of amides is 1. The van der Waals surface area contributed by atoms with Crippen LogP contribution in [0.2, 0.25) is 0 Å². The molecule has 0 aliphatic rings. The summed E-state index contributed by atoms with van der Waals surface area (Å²) < 4.78 is 43.8. The van der Waals surface area contributed by atoms with Gasteiger partial charge in [0.2, 0.25) is 5.91 Å². The molecule has 0 radical (unpaired) electrons. The second kappa shape index (κ2) is 11.4. The van der Waals surface area contributed by atoms with E-state index in [4.69, 9.17) is 5.26 Å². The molecule has 37 heavy (non-hydrogen) atoms. The van der Waals surface area contributed by atoms with Crippen molar-refractivity contribution in [2.24, 2.45) is 0 Å². The molecule has 6 nitrogen and oxygen atoms in total. The van der Waals surface area contributed by atoms with Gasteiger partial charge in [-0.1, -0.05) is 29.8 Å². The Hall–Kier alpha value is -4.71. The molecule has 186 valence electrons. The Morgan fingerprint density at radius 3 is 2.54 bits per heavy atom. The number of carbonyl (C=O) groups is 1. The number of carbonyl (C=O) groups excluding carboxylic acids is 1. The summed E-state index contributed by atoms with van der Waals surface area (Å²) in [6, 6.07) is 16.8. The molecule has 1 heterocycles. The van der Waals surface area contributed by atoms with Gasteiger partial charge < -0.3 is 9.47 Å². The van der Waals surface area contributed by atoms with E-state index in [0.717, 1.165) is 23.3 Å². The van der Waals surface area contributed by atoms with Crippen LogP contribution in [0, 0.1) is 35.7 Å². The van der Waals surface area contributed by atoms with Crippen LogP contribution in [0.4, 0.5) is 13.2 Å². The summed E-state index contributed by atoms with van der Waals surface area (Å²) in [7, 11) is 0. The van der Waals surface area contributed by atoms with Gasteiger partial charge in [-0.15, -0.1) is 10.2 Å². The Kier molecular flexibility index (Phi) is 7.79. The third kappa shape index (κ3) is 6.49. The largest absolute Gasteiger partial charge is 0.327 e. The number of halogens is 3. The molecule has 0 aliphatic carbocycles. The summed E-state index contributed by atoms with van der Waals surface area (Å²) in [5.74, 6) is -2.08. The summed E-state index contributed by atoms with van der Waals surface area (Å²) in [6.07, 6.45) is 4.08. The highest BCUT2D eigenvalue weighted by molar-refractivity contribution is 5.91. The Labute approximate surface area is 211 Å². The van der Waals surface area contributed by atoms with Crippen molar-refractivity contribution in [3.05, 3.63) is 124 Å². The van der Waals surface area contributed by atoms with Gasteiger partial charge in [-0.2, -0.15) is 5.26 Å². The average Bonchev–Trinajstić information content (AvgIpc) is 3.32. The summed E-state index contributed by atoms with van der Waals surface area (Å²) in [5, 5.41) is 17.1. The van der Waals surface area contributed by atoms with E-state index < -0.39 is 23.4 Å². The lowest BCUT2D eigenvalue weighted by atomic mass is 10.1. The topological polar surface area (TPSA) is 74.8 Å². The van der Waals surface area contributed by atoms with Crippen molar-refractivity contribution in [1.82, 2.24) is 19.7 Å². The summed E-state index contributed by atoms with van der Waals surface area (Å²) in [6.45, 7) is 1.98. The van der Waals surface area contributed by atoms with Gasteiger partial charge in [0.1, 0.15) is 23.8 Å². The van der Waals surface area contributed by atoms with Crippen molar-refractivity contribution in [3.63, 3.8) is 0 Å². The second-order valence-corrected chi connectivity index (χ2v) is 8.47. The van der Waals surface area contributed by atoms with Crippen LogP contribution in [0.5, 0.6) is 0 Å². The number of nitriles is 1. The van der Waals surface area contributed by atoms with Crippen LogP contribution in [-0.4, -0.2) is 25.6 Å². The number of hydrogen-bond acceptors (Lipinski definition) is 4. The molecule has 1 aromatic heterocycles. The lowest BCUT2D eigenvalue weighted by molar-refractivity contribution is -0.127. The maximum atomic E-state index is 14.4. The minimum absolute atomic E-state index is 0.0352. The van der Waals surface area contributed by atoms with Gasteiger partial charge in [-0.05, 0) is 48.9 Å². The van der Waals surface area contributed by atoms with E-state index in [9.17, 15) is 18.0 Å². The van der Waals surface area contributed by atoms with Gasteiger partial charge in [-0.3, -0.25) is 4.79 Å². The van der Waals surface area contributed by atoms with E-state index in [1.807, 2.05) is 6.92 Å². The molecule has 0 saturated carbocycles. The Morgan fingerprint density at radius 2 is 1.81 bits per heavy atom. The lowest BCUT2D eigenvalue weighted by Gasteiger charge is -2.22. The van der Waals surface area contributed by atoms with E-state index in [0.29, 0.717) is 17.9 Å². The van der Waals surface area contributed by atoms with Crippen LogP contribution < -0.4 is 0 Å². The predicted octanol–water partition coefficient (Wildman–Crippen LogP) is 5.17. The van der Waals surface area contributed by atoms with Crippen LogP contribution in [0.25, 0.3) is 6.08 Å². The van der Waals surface area contributed by atoms with E-state index in [-0.39, 0.29) is 24.2 Å². The number of aryl methyl sites for hydroxylation is 1. The third-order valence-electron chi connectivity index (χ3n) is 5.71. The number of aromatic nitrogens is 3. The standard InChI is InChI=1S/C28H22F3N5O/c1-19-2-10-25(30)22(12-19)8-11-28(37)35(16-23-7-9-24(29)13-26(23)31)17-27-34-33-18-36(27)15-21-5-3-20(14-32)4-6-21/h2-13,18H,15-17H2,1H3/b11-8+. The molecule has 0 aliphatic heterocycles. The van der Waals surface area contributed by atoms with E-state index >= 15 is 0 Å². The summed E-state index contributed by atoms with van der Waals surface area (Å²) in [4.78, 5) is 14.5. The number of benzene rings is 3. The first-order valence-corrected chi connectivity index (χ1v) is 11.3. The zero-order chi connectivity index (χ0) is 26.4. The minimum atomic E-state index is -0.787. The highest BCUT2D eigenvalue weighted by Gasteiger charge is 2.18. The first-order chi connectivity index (χ1) is 17.8. The third-order valence-corrected chi connectivity index (χ3v) is 5.71. The van der Waals surface area contributed by atoms with Gasteiger partial charge in [0.25, 0.3) is 0 Å². The van der Waals surface area contributed by atoms with E-state index in [2.05, 4.69) is 16.3 Å². The fraction of sp³-hybridized carbons (Fsp3) is 0.143. The maximum Gasteiger partial charge on any atom is 0.247 e. The molecule has 0 saturated heterocycles. The average molecular weight is 502 g/mol. The Balaban J connectivity index is 1.60. The molecular weight excluding hydrogens is 479 g/mol. The van der Waals surface area contributed by atoms with Crippen molar-refractivity contribution < 1.29 is 18.0 Å². The quantitative estimate of drug-likeness (QED) is 0.313.